The Labute approximate surface area is 100 Å². The van der Waals surface area contributed by atoms with Crippen molar-refractivity contribution in [3.8, 4) is 0 Å². The predicted molar refractivity (Wildman–Crippen MR) is 67.5 cm³/mol. The van der Waals surface area contributed by atoms with E-state index in [2.05, 4.69) is 27.7 Å². The summed E-state index contributed by atoms with van der Waals surface area (Å²) in [4.78, 5) is 0. The number of rotatable bonds is 2. The first-order valence-electron chi connectivity index (χ1n) is 5.50. The maximum Gasteiger partial charge on any atom is 0.0810 e. The highest BCUT2D eigenvalue weighted by molar-refractivity contribution is 5.85. The van der Waals surface area contributed by atoms with Crippen molar-refractivity contribution in [1.29, 1.82) is 0 Å². The number of halogens is 1. The molecule has 1 aliphatic carbocycles. The van der Waals surface area contributed by atoms with Crippen LogP contribution in [0.1, 0.15) is 47.0 Å². The van der Waals surface area contributed by atoms with E-state index in [1.807, 2.05) is 0 Å². The fourth-order valence-electron chi connectivity index (χ4n) is 3.60. The largest absolute Gasteiger partial charge is 0.377 e. The monoisotopic (exact) mass is 235 g/mol. The molecule has 1 aliphatic rings. The Bertz CT molecular complexity index is 192. The van der Waals surface area contributed by atoms with Gasteiger partial charge in [-0.25, -0.2) is 0 Å². The lowest BCUT2D eigenvalue weighted by molar-refractivity contribution is -0.104. The SMILES string of the molecule is COC1(CN)CC(C)(C)CC(C)(C)C1.Cl. The van der Waals surface area contributed by atoms with E-state index in [1.54, 1.807) is 7.11 Å². The van der Waals surface area contributed by atoms with Gasteiger partial charge >= 0.3 is 0 Å². The third-order valence-electron chi connectivity index (χ3n) is 3.36. The molecule has 2 nitrogen and oxygen atoms in total. The van der Waals surface area contributed by atoms with Gasteiger partial charge in [0.2, 0.25) is 0 Å². The Kier molecular flexibility index (Phi) is 4.67. The molecule has 0 aliphatic heterocycles. The van der Waals surface area contributed by atoms with Crippen molar-refractivity contribution in [2.24, 2.45) is 16.6 Å². The Balaban J connectivity index is 0.00000196. The molecule has 0 saturated heterocycles. The van der Waals surface area contributed by atoms with Crippen molar-refractivity contribution >= 4 is 12.4 Å². The van der Waals surface area contributed by atoms with Crippen LogP contribution in [0.15, 0.2) is 0 Å². The minimum atomic E-state index is -0.0920. The quantitative estimate of drug-likeness (QED) is 0.799. The smallest absolute Gasteiger partial charge is 0.0810 e. The topological polar surface area (TPSA) is 35.2 Å². The van der Waals surface area contributed by atoms with Crippen LogP contribution in [0.2, 0.25) is 0 Å². The van der Waals surface area contributed by atoms with Crippen molar-refractivity contribution < 1.29 is 4.74 Å². The summed E-state index contributed by atoms with van der Waals surface area (Å²) in [5, 5.41) is 0. The molecular weight excluding hydrogens is 210 g/mol. The summed E-state index contributed by atoms with van der Waals surface area (Å²) >= 11 is 0. The van der Waals surface area contributed by atoms with Crippen LogP contribution in [-0.2, 0) is 4.74 Å². The average Bonchev–Trinajstić information content (AvgIpc) is 1.98. The van der Waals surface area contributed by atoms with Gasteiger partial charge in [-0.15, -0.1) is 12.4 Å². The fraction of sp³-hybridized carbons (Fsp3) is 1.00. The summed E-state index contributed by atoms with van der Waals surface area (Å²) < 4.78 is 5.67. The molecule has 0 aromatic rings. The zero-order valence-corrected chi connectivity index (χ0v) is 11.5. The second-order valence-electron chi connectivity index (χ2n) is 6.45. The van der Waals surface area contributed by atoms with E-state index in [0.717, 1.165) is 12.8 Å². The zero-order chi connectivity index (χ0) is 11.0. The highest BCUT2D eigenvalue weighted by Crippen LogP contribution is 2.50. The molecule has 15 heavy (non-hydrogen) atoms. The van der Waals surface area contributed by atoms with E-state index in [1.165, 1.54) is 6.42 Å². The molecule has 0 radical (unpaired) electrons. The molecule has 0 amide bonds. The zero-order valence-electron chi connectivity index (χ0n) is 10.7. The molecule has 0 unspecified atom stereocenters. The molecule has 1 fully saturated rings. The van der Waals surface area contributed by atoms with Gasteiger partial charge in [0.05, 0.1) is 5.60 Å². The van der Waals surface area contributed by atoms with Crippen molar-refractivity contribution in [2.75, 3.05) is 13.7 Å². The molecule has 2 N–H and O–H groups in total. The summed E-state index contributed by atoms with van der Waals surface area (Å²) in [5.41, 5.74) is 6.46. The van der Waals surface area contributed by atoms with Crippen molar-refractivity contribution in [2.45, 2.75) is 52.6 Å². The first-order valence-corrected chi connectivity index (χ1v) is 5.50. The van der Waals surface area contributed by atoms with Crippen LogP contribution in [0, 0.1) is 10.8 Å². The van der Waals surface area contributed by atoms with E-state index in [-0.39, 0.29) is 18.0 Å². The summed E-state index contributed by atoms with van der Waals surface area (Å²) in [6.07, 6.45) is 3.41. The third kappa shape index (κ3) is 3.61. The Morgan fingerprint density at radius 2 is 1.40 bits per heavy atom. The molecule has 1 saturated carbocycles. The molecule has 3 heteroatoms. The maximum atomic E-state index is 5.87. The molecule has 0 spiro atoms. The second kappa shape index (κ2) is 4.60. The molecular formula is C12H26ClNO. The van der Waals surface area contributed by atoms with Gasteiger partial charge in [-0.05, 0) is 30.1 Å². The lowest BCUT2D eigenvalue weighted by atomic mass is 9.59. The number of hydrogen-bond donors (Lipinski definition) is 1. The summed E-state index contributed by atoms with van der Waals surface area (Å²) in [5.74, 6) is 0. The minimum Gasteiger partial charge on any atom is -0.377 e. The lowest BCUT2D eigenvalue weighted by Gasteiger charge is -2.51. The van der Waals surface area contributed by atoms with Gasteiger partial charge in [-0.3, -0.25) is 0 Å². The molecule has 0 aromatic heterocycles. The Morgan fingerprint density at radius 3 is 1.67 bits per heavy atom. The van der Waals surface area contributed by atoms with Gasteiger partial charge < -0.3 is 10.5 Å². The average molecular weight is 236 g/mol. The second-order valence-corrected chi connectivity index (χ2v) is 6.45. The van der Waals surface area contributed by atoms with E-state index in [0.29, 0.717) is 17.4 Å². The van der Waals surface area contributed by atoms with E-state index in [9.17, 15) is 0 Å². The van der Waals surface area contributed by atoms with Gasteiger partial charge in [0.15, 0.2) is 0 Å². The van der Waals surface area contributed by atoms with Crippen molar-refractivity contribution in [3.05, 3.63) is 0 Å². The van der Waals surface area contributed by atoms with Gasteiger partial charge in [0.1, 0.15) is 0 Å². The summed E-state index contributed by atoms with van der Waals surface area (Å²) in [6, 6.07) is 0. The van der Waals surface area contributed by atoms with Crippen LogP contribution in [0.5, 0.6) is 0 Å². The van der Waals surface area contributed by atoms with Crippen LogP contribution in [0.3, 0.4) is 0 Å². The normalized spacial score (nSPS) is 26.8. The van der Waals surface area contributed by atoms with Crippen LogP contribution >= 0.6 is 12.4 Å². The van der Waals surface area contributed by atoms with E-state index < -0.39 is 0 Å². The van der Waals surface area contributed by atoms with Crippen LogP contribution in [-0.4, -0.2) is 19.3 Å². The first-order chi connectivity index (χ1) is 6.24. The van der Waals surface area contributed by atoms with Crippen LogP contribution < -0.4 is 5.73 Å². The third-order valence-corrected chi connectivity index (χ3v) is 3.36. The molecule has 92 valence electrons. The van der Waals surface area contributed by atoms with Crippen LogP contribution in [0.25, 0.3) is 0 Å². The number of ether oxygens (including phenoxy) is 1. The Morgan fingerprint density at radius 1 is 1.00 bits per heavy atom. The Hall–Kier alpha value is 0.210. The summed E-state index contributed by atoms with van der Waals surface area (Å²) in [7, 11) is 1.80. The first kappa shape index (κ1) is 15.2. The number of methoxy groups -OCH3 is 1. The van der Waals surface area contributed by atoms with Gasteiger partial charge in [0, 0.05) is 13.7 Å². The standard InChI is InChI=1S/C12H25NO.ClH/c1-10(2)6-11(3,4)8-12(7-10,9-13)14-5;/h6-9,13H2,1-5H3;1H. The molecule has 0 aromatic carbocycles. The molecule has 0 atom stereocenters. The van der Waals surface area contributed by atoms with E-state index >= 15 is 0 Å². The van der Waals surface area contributed by atoms with Crippen LogP contribution in [0.4, 0.5) is 0 Å². The number of nitrogens with two attached hydrogens (primary N) is 1. The maximum absolute atomic E-state index is 5.87. The highest BCUT2D eigenvalue weighted by atomic mass is 35.5. The van der Waals surface area contributed by atoms with E-state index in [4.69, 9.17) is 10.5 Å². The van der Waals surface area contributed by atoms with Gasteiger partial charge in [-0.2, -0.15) is 0 Å². The predicted octanol–water partition coefficient (Wildman–Crippen LogP) is 2.99. The number of hydrogen-bond acceptors (Lipinski definition) is 2. The fourth-order valence-corrected chi connectivity index (χ4v) is 3.60. The van der Waals surface area contributed by atoms with Crippen molar-refractivity contribution in [1.82, 2.24) is 0 Å². The molecule has 1 rings (SSSR count). The van der Waals surface area contributed by atoms with Gasteiger partial charge in [0.25, 0.3) is 0 Å². The summed E-state index contributed by atoms with van der Waals surface area (Å²) in [6.45, 7) is 9.90. The minimum absolute atomic E-state index is 0. The van der Waals surface area contributed by atoms with Crippen molar-refractivity contribution in [3.63, 3.8) is 0 Å². The molecule has 0 bridgehead atoms. The molecule has 0 heterocycles. The van der Waals surface area contributed by atoms with Gasteiger partial charge in [-0.1, -0.05) is 27.7 Å². The highest BCUT2D eigenvalue weighted by Gasteiger charge is 2.46. The lowest BCUT2D eigenvalue weighted by Crippen LogP contribution is -2.51.